The molecule has 3 heterocycles. The number of hydrogen-bond donors (Lipinski definition) is 1. The number of pyridine rings is 2. The number of hydroxylamine groups is 1. The molecule has 4 rings (SSSR count). The summed E-state index contributed by atoms with van der Waals surface area (Å²) in [6.45, 7) is 0. The minimum absolute atomic E-state index is 0.0671. The zero-order valence-corrected chi connectivity index (χ0v) is 13.3. The number of carbonyl (C=O) groups is 1. The Morgan fingerprint density at radius 2 is 1.88 bits per heavy atom. The minimum Gasteiger partial charge on any atom is -0.277 e. The number of nitrogens with one attached hydrogen (secondary N) is 1. The maximum absolute atomic E-state index is 13.1. The van der Waals surface area contributed by atoms with E-state index in [9.17, 15) is 18.0 Å². The smallest absolute Gasteiger partial charge is 0.277 e. The zero-order chi connectivity index (χ0) is 18.5. The summed E-state index contributed by atoms with van der Waals surface area (Å²) in [6.07, 6.45) is -4.58. The van der Waals surface area contributed by atoms with Crippen LogP contribution in [0.5, 0.6) is 0 Å². The van der Waals surface area contributed by atoms with E-state index < -0.39 is 17.8 Å². The first-order chi connectivity index (χ1) is 12.4. The normalized spacial score (nSPS) is 12.2. The summed E-state index contributed by atoms with van der Waals surface area (Å²) in [7, 11) is 1.29. The molecule has 4 aromatic rings. The molecule has 0 atom stereocenters. The number of imidazole rings is 1. The molecule has 26 heavy (non-hydrogen) atoms. The van der Waals surface area contributed by atoms with E-state index in [2.05, 4.69) is 20.3 Å². The van der Waals surface area contributed by atoms with Crippen molar-refractivity contribution < 1.29 is 22.8 Å². The van der Waals surface area contributed by atoms with E-state index in [-0.39, 0.29) is 16.9 Å². The lowest BCUT2D eigenvalue weighted by Crippen LogP contribution is -2.22. The van der Waals surface area contributed by atoms with Gasteiger partial charge in [-0.05, 0) is 30.3 Å². The number of rotatable bonds is 2. The Balaban J connectivity index is 2.17. The van der Waals surface area contributed by atoms with Crippen LogP contribution < -0.4 is 5.48 Å². The van der Waals surface area contributed by atoms with Gasteiger partial charge in [0.15, 0.2) is 5.65 Å². The van der Waals surface area contributed by atoms with Gasteiger partial charge in [0.05, 0.1) is 23.7 Å². The van der Waals surface area contributed by atoms with Crippen LogP contribution in [0.25, 0.3) is 27.7 Å². The van der Waals surface area contributed by atoms with Crippen molar-refractivity contribution in [3.8, 4) is 0 Å². The molecule has 132 valence electrons. The first kappa shape index (κ1) is 16.3. The molecule has 9 heteroatoms. The monoisotopic (exact) mass is 360 g/mol. The fourth-order valence-electron chi connectivity index (χ4n) is 2.86. The summed E-state index contributed by atoms with van der Waals surface area (Å²) < 4.78 is 40.7. The number of fused-ring (bicyclic) bond motifs is 5. The topological polar surface area (TPSA) is 68.5 Å². The second kappa shape index (κ2) is 5.67. The van der Waals surface area contributed by atoms with E-state index in [0.717, 1.165) is 6.07 Å². The largest absolute Gasteiger partial charge is 0.433 e. The molecule has 0 aliphatic rings. The zero-order valence-electron chi connectivity index (χ0n) is 13.3. The molecule has 3 aromatic heterocycles. The molecule has 0 saturated carbocycles. The third-order valence-electron chi connectivity index (χ3n) is 3.95. The maximum Gasteiger partial charge on any atom is 0.433 e. The van der Waals surface area contributed by atoms with Crippen LogP contribution in [0.3, 0.4) is 0 Å². The summed E-state index contributed by atoms with van der Waals surface area (Å²) in [6, 6.07) is 10.5. The van der Waals surface area contributed by atoms with Gasteiger partial charge in [0.25, 0.3) is 5.91 Å². The minimum atomic E-state index is -4.58. The lowest BCUT2D eigenvalue weighted by atomic mass is 10.1. The van der Waals surface area contributed by atoms with Gasteiger partial charge in [0.2, 0.25) is 0 Å². The first-order valence-electron chi connectivity index (χ1n) is 7.51. The molecule has 0 radical (unpaired) electrons. The van der Waals surface area contributed by atoms with Crippen LogP contribution >= 0.6 is 0 Å². The van der Waals surface area contributed by atoms with Crippen molar-refractivity contribution in [1.29, 1.82) is 0 Å². The Labute approximate surface area is 144 Å². The molecular formula is C17H11F3N4O2. The van der Waals surface area contributed by atoms with Gasteiger partial charge >= 0.3 is 6.18 Å². The van der Waals surface area contributed by atoms with Crippen molar-refractivity contribution in [2.45, 2.75) is 6.18 Å². The standard InChI is InChI=1S/C17H11F3N4O2/c1-26-23-16(25)10-8-9-6-7-13(17(18,19)20)22-14(9)24-12-5-3-2-4-11(12)21-15(10)24/h2-8H,1H3,(H,23,25). The highest BCUT2D eigenvalue weighted by atomic mass is 19.4. The SMILES string of the molecule is CONC(=O)c1cc2ccc(C(F)(F)F)nc2n2c1nc1ccccc12. The van der Waals surface area contributed by atoms with Gasteiger partial charge in [-0.3, -0.25) is 14.0 Å². The number of aromatic nitrogens is 3. The predicted molar refractivity (Wildman–Crippen MR) is 87.5 cm³/mol. The van der Waals surface area contributed by atoms with Crippen LogP contribution in [0.1, 0.15) is 16.1 Å². The Bertz CT molecular complexity index is 1170. The van der Waals surface area contributed by atoms with E-state index in [1.807, 2.05) is 0 Å². The van der Waals surface area contributed by atoms with Crippen LogP contribution in [0.2, 0.25) is 0 Å². The van der Waals surface area contributed by atoms with E-state index in [1.54, 1.807) is 24.3 Å². The van der Waals surface area contributed by atoms with Crippen LogP contribution in [-0.2, 0) is 11.0 Å². The number of carbonyl (C=O) groups excluding carboxylic acids is 1. The van der Waals surface area contributed by atoms with E-state index in [0.29, 0.717) is 16.4 Å². The van der Waals surface area contributed by atoms with Crippen LogP contribution in [0, 0.1) is 0 Å². The number of halogens is 3. The van der Waals surface area contributed by atoms with Crippen LogP contribution in [0.15, 0.2) is 42.5 Å². The number of benzene rings is 1. The molecular weight excluding hydrogens is 349 g/mol. The Morgan fingerprint density at radius 3 is 2.62 bits per heavy atom. The molecule has 0 saturated heterocycles. The maximum atomic E-state index is 13.1. The van der Waals surface area contributed by atoms with Gasteiger partial charge in [0, 0.05) is 5.39 Å². The van der Waals surface area contributed by atoms with Crippen LogP contribution in [-0.4, -0.2) is 27.4 Å². The highest BCUT2D eigenvalue weighted by Crippen LogP contribution is 2.31. The van der Waals surface area contributed by atoms with Crippen molar-refractivity contribution in [3.63, 3.8) is 0 Å². The quantitative estimate of drug-likeness (QED) is 0.557. The number of para-hydroxylation sites is 2. The number of amides is 1. The summed E-state index contributed by atoms with van der Waals surface area (Å²) >= 11 is 0. The Kier molecular flexibility index (Phi) is 3.55. The summed E-state index contributed by atoms with van der Waals surface area (Å²) in [4.78, 5) is 25.1. The molecule has 0 fully saturated rings. The first-order valence-corrected chi connectivity index (χ1v) is 7.51. The van der Waals surface area contributed by atoms with Crippen molar-refractivity contribution in [3.05, 3.63) is 53.7 Å². The molecule has 0 aliphatic heterocycles. The third-order valence-corrected chi connectivity index (χ3v) is 3.95. The van der Waals surface area contributed by atoms with E-state index in [1.165, 1.54) is 23.6 Å². The third kappa shape index (κ3) is 2.44. The highest BCUT2D eigenvalue weighted by Gasteiger charge is 2.33. The Hall–Kier alpha value is -3.20. The molecule has 0 bridgehead atoms. The van der Waals surface area contributed by atoms with Crippen molar-refractivity contribution >= 4 is 33.6 Å². The average Bonchev–Trinajstić information content (AvgIpc) is 2.99. The average molecular weight is 360 g/mol. The number of alkyl halides is 3. The van der Waals surface area contributed by atoms with Crippen LogP contribution in [0.4, 0.5) is 13.2 Å². The second-order valence-electron chi connectivity index (χ2n) is 5.56. The van der Waals surface area contributed by atoms with Crippen molar-refractivity contribution in [2.75, 3.05) is 7.11 Å². The molecule has 6 nitrogen and oxygen atoms in total. The van der Waals surface area contributed by atoms with Gasteiger partial charge < -0.3 is 0 Å². The fourth-order valence-corrected chi connectivity index (χ4v) is 2.86. The van der Waals surface area contributed by atoms with E-state index in [4.69, 9.17) is 0 Å². The van der Waals surface area contributed by atoms with Crippen molar-refractivity contribution in [1.82, 2.24) is 19.8 Å². The van der Waals surface area contributed by atoms with E-state index >= 15 is 0 Å². The number of nitrogens with zero attached hydrogens (tertiary/aromatic N) is 3. The van der Waals surface area contributed by atoms with Gasteiger partial charge in [-0.15, -0.1) is 0 Å². The molecule has 0 spiro atoms. The van der Waals surface area contributed by atoms with Gasteiger partial charge in [0.1, 0.15) is 11.3 Å². The molecule has 0 unspecified atom stereocenters. The van der Waals surface area contributed by atoms with Crippen molar-refractivity contribution in [2.24, 2.45) is 0 Å². The van der Waals surface area contributed by atoms with Gasteiger partial charge in [-0.25, -0.2) is 15.4 Å². The molecule has 1 N–H and O–H groups in total. The predicted octanol–water partition coefficient (Wildman–Crippen LogP) is 3.35. The summed E-state index contributed by atoms with van der Waals surface area (Å²) in [5, 5.41) is 0.370. The molecule has 1 amide bonds. The van der Waals surface area contributed by atoms with Gasteiger partial charge in [-0.2, -0.15) is 13.2 Å². The van der Waals surface area contributed by atoms with Gasteiger partial charge in [-0.1, -0.05) is 12.1 Å². The summed E-state index contributed by atoms with van der Waals surface area (Å²) in [5.74, 6) is -0.561. The molecule has 0 aliphatic carbocycles. The molecule has 1 aromatic carbocycles. The fraction of sp³-hybridized carbons (Fsp3) is 0.118. The lowest BCUT2D eigenvalue weighted by Gasteiger charge is -2.11. The highest BCUT2D eigenvalue weighted by molar-refractivity contribution is 6.05. The number of hydrogen-bond acceptors (Lipinski definition) is 4. The Morgan fingerprint density at radius 1 is 1.12 bits per heavy atom. The second-order valence-corrected chi connectivity index (χ2v) is 5.56. The lowest BCUT2D eigenvalue weighted by molar-refractivity contribution is -0.141. The summed E-state index contributed by atoms with van der Waals surface area (Å²) in [5.41, 5.74) is 2.70.